The van der Waals surface area contributed by atoms with Crippen LogP contribution in [0.2, 0.25) is 0 Å². The standard InChI is InChI=1S/C13H19NO8/c15-4-7(17)10(18)11-9(14-12(19)5-1-2-5)6(16)3-8(22-11)13(20)21/h3,5-7,9-11,15-18H,1-2,4H2,(H,14,19)(H,20,21)/t6?,7?,9-,10?,11?/m1/s1. The maximum absolute atomic E-state index is 11.8. The molecule has 6 N–H and O–H groups in total. The van der Waals surface area contributed by atoms with E-state index in [1.807, 2.05) is 0 Å². The van der Waals surface area contributed by atoms with Gasteiger partial charge in [0.2, 0.25) is 11.7 Å². The van der Waals surface area contributed by atoms with Crippen molar-refractivity contribution in [3.63, 3.8) is 0 Å². The zero-order chi connectivity index (χ0) is 16.4. The number of aliphatic carboxylic acids is 1. The van der Waals surface area contributed by atoms with Gasteiger partial charge in [0.25, 0.3) is 0 Å². The Labute approximate surface area is 125 Å². The molecule has 1 aliphatic heterocycles. The second-order valence-electron chi connectivity index (χ2n) is 5.46. The molecule has 0 radical (unpaired) electrons. The van der Waals surface area contributed by atoms with Gasteiger partial charge in [-0.15, -0.1) is 0 Å². The minimum absolute atomic E-state index is 0.169. The van der Waals surface area contributed by atoms with Crippen molar-refractivity contribution in [1.29, 1.82) is 0 Å². The molecule has 0 bridgehead atoms. The first-order chi connectivity index (χ1) is 10.3. The van der Waals surface area contributed by atoms with Gasteiger partial charge in [0.15, 0.2) is 6.10 Å². The maximum atomic E-state index is 11.8. The molecule has 0 aromatic heterocycles. The van der Waals surface area contributed by atoms with E-state index in [0.717, 1.165) is 18.9 Å². The summed E-state index contributed by atoms with van der Waals surface area (Å²) >= 11 is 0. The Morgan fingerprint density at radius 1 is 1.36 bits per heavy atom. The second-order valence-corrected chi connectivity index (χ2v) is 5.46. The van der Waals surface area contributed by atoms with Gasteiger partial charge < -0.3 is 35.6 Å². The fourth-order valence-corrected chi connectivity index (χ4v) is 2.24. The number of aliphatic hydroxyl groups is 4. The Bertz CT molecular complexity index is 475. The van der Waals surface area contributed by atoms with Crippen LogP contribution >= 0.6 is 0 Å². The molecule has 0 aromatic rings. The molecule has 22 heavy (non-hydrogen) atoms. The fourth-order valence-electron chi connectivity index (χ4n) is 2.24. The molecule has 1 aliphatic carbocycles. The lowest BCUT2D eigenvalue weighted by Crippen LogP contribution is -2.60. The summed E-state index contributed by atoms with van der Waals surface area (Å²) in [6.07, 6.45) is -3.76. The summed E-state index contributed by atoms with van der Waals surface area (Å²) in [4.78, 5) is 22.8. The van der Waals surface area contributed by atoms with Crippen molar-refractivity contribution in [1.82, 2.24) is 5.32 Å². The van der Waals surface area contributed by atoms with E-state index in [0.29, 0.717) is 0 Å². The molecule has 0 aromatic carbocycles. The van der Waals surface area contributed by atoms with Crippen LogP contribution in [0.3, 0.4) is 0 Å². The normalized spacial score (nSPS) is 30.7. The summed E-state index contributed by atoms with van der Waals surface area (Å²) in [5, 5.41) is 49.9. The average molecular weight is 317 g/mol. The number of ether oxygens (including phenoxy) is 1. The highest BCUT2D eigenvalue weighted by molar-refractivity contribution is 5.85. The van der Waals surface area contributed by atoms with Crippen molar-refractivity contribution >= 4 is 11.9 Å². The first kappa shape index (κ1) is 16.7. The van der Waals surface area contributed by atoms with Gasteiger partial charge in [0.05, 0.1) is 12.6 Å². The molecule has 1 heterocycles. The highest BCUT2D eigenvalue weighted by atomic mass is 16.5. The van der Waals surface area contributed by atoms with Crippen LogP contribution in [0.4, 0.5) is 0 Å². The van der Waals surface area contributed by atoms with Crippen molar-refractivity contribution in [3.05, 3.63) is 11.8 Å². The number of rotatable bonds is 6. The van der Waals surface area contributed by atoms with Gasteiger partial charge in [0, 0.05) is 5.92 Å². The zero-order valence-electron chi connectivity index (χ0n) is 11.6. The van der Waals surface area contributed by atoms with Crippen LogP contribution in [0.5, 0.6) is 0 Å². The van der Waals surface area contributed by atoms with Crippen LogP contribution in [-0.4, -0.2) is 74.5 Å². The minimum atomic E-state index is -1.69. The van der Waals surface area contributed by atoms with Crippen molar-refractivity contribution in [2.24, 2.45) is 5.92 Å². The molecule has 4 unspecified atom stereocenters. The molecule has 2 aliphatic rings. The van der Waals surface area contributed by atoms with E-state index in [9.17, 15) is 24.9 Å². The van der Waals surface area contributed by atoms with Crippen LogP contribution < -0.4 is 5.32 Å². The predicted octanol–water partition coefficient (Wildman–Crippen LogP) is -2.68. The van der Waals surface area contributed by atoms with E-state index >= 15 is 0 Å². The van der Waals surface area contributed by atoms with Gasteiger partial charge in [-0.3, -0.25) is 4.79 Å². The summed E-state index contributed by atoms with van der Waals surface area (Å²) in [5.74, 6) is -2.56. The summed E-state index contributed by atoms with van der Waals surface area (Å²) < 4.78 is 5.08. The van der Waals surface area contributed by atoms with E-state index in [2.05, 4.69) is 5.32 Å². The highest BCUT2D eigenvalue weighted by Crippen LogP contribution is 2.30. The van der Waals surface area contributed by atoms with Crippen molar-refractivity contribution in [2.75, 3.05) is 6.61 Å². The number of hydrogen-bond donors (Lipinski definition) is 6. The maximum Gasteiger partial charge on any atom is 0.370 e. The van der Waals surface area contributed by atoms with Gasteiger partial charge >= 0.3 is 5.97 Å². The smallest absolute Gasteiger partial charge is 0.370 e. The van der Waals surface area contributed by atoms with Gasteiger partial charge in [-0.2, -0.15) is 0 Å². The molecule has 9 heteroatoms. The molecule has 1 saturated carbocycles. The molecular formula is C13H19NO8. The molecule has 9 nitrogen and oxygen atoms in total. The number of carbonyl (C=O) groups is 2. The molecule has 1 fully saturated rings. The molecule has 2 rings (SSSR count). The Kier molecular flexibility index (Phi) is 5.01. The van der Waals surface area contributed by atoms with Crippen LogP contribution in [0.25, 0.3) is 0 Å². The SMILES string of the molecule is O=C(O)C1=CC(O)[C@@H](NC(=O)C2CC2)C(C(O)C(O)CO)O1. The van der Waals surface area contributed by atoms with Crippen molar-refractivity contribution in [2.45, 2.75) is 43.3 Å². The average Bonchev–Trinajstić information content (AvgIpc) is 3.31. The fraction of sp³-hybridized carbons (Fsp3) is 0.692. The Morgan fingerprint density at radius 3 is 2.50 bits per heavy atom. The Hall–Kier alpha value is -1.68. The number of nitrogens with one attached hydrogen (secondary N) is 1. The number of carboxylic acids is 1. The topological polar surface area (TPSA) is 157 Å². The van der Waals surface area contributed by atoms with E-state index in [1.165, 1.54) is 0 Å². The van der Waals surface area contributed by atoms with Gasteiger partial charge in [-0.25, -0.2) is 4.79 Å². The van der Waals surface area contributed by atoms with Crippen LogP contribution in [0, 0.1) is 5.92 Å². The summed E-state index contributed by atoms with van der Waals surface area (Å²) in [5.41, 5.74) is 0. The first-order valence-corrected chi connectivity index (χ1v) is 6.92. The van der Waals surface area contributed by atoms with Gasteiger partial charge in [-0.05, 0) is 18.9 Å². The first-order valence-electron chi connectivity index (χ1n) is 6.92. The molecule has 1 amide bonds. The third-order valence-electron chi connectivity index (χ3n) is 3.69. The molecular weight excluding hydrogens is 298 g/mol. The molecule has 124 valence electrons. The lowest BCUT2D eigenvalue weighted by Gasteiger charge is -2.38. The van der Waals surface area contributed by atoms with Gasteiger partial charge in [0.1, 0.15) is 18.3 Å². The lowest BCUT2D eigenvalue weighted by atomic mass is 9.93. The largest absolute Gasteiger partial charge is 0.478 e. The number of aliphatic hydroxyl groups excluding tert-OH is 4. The molecule has 5 atom stereocenters. The zero-order valence-corrected chi connectivity index (χ0v) is 11.6. The number of hydrogen-bond acceptors (Lipinski definition) is 7. The third-order valence-corrected chi connectivity index (χ3v) is 3.69. The van der Waals surface area contributed by atoms with E-state index in [1.54, 1.807) is 0 Å². The summed E-state index contributed by atoms with van der Waals surface area (Å²) in [7, 11) is 0. The highest BCUT2D eigenvalue weighted by Gasteiger charge is 2.44. The second kappa shape index (κ2) is 6.61. The third kappa shape index (κ3) is 3.55. The van der Waals surface area contributed by atoms with Crippen molar-refractivity contribution in [3.8, 4) is 0 Å². The van der Waals surface area contributed by atoms with E-state index < -0.39 is 48.8 Å². The van der Waals surface area contributed by atoms with Crippen LogP contribution in [0.1, 0.15) is 12.8 Å². The number of amides is 1. The van der Waals surface area contributed by atoms with E-state index in [-0.39, 0.29) is 11.8 Å². The number of carbonyl (C=O) groups excluding carboxylic acids is 1. The monoisotopic (exact) mass is 317 g/mol. The Morgan fingerprint density at radius 2 is 2.00 bits per heavy atom. The molecule has 0 spiro atoms. The molecule has 0 saturated heterocycles. The van der Waals surface area contributed by atoms with Crippen molar-refractivity contribution < 1.29 is 39.9 Å². The lowest BCUT2D eigenvalue weighted by molar-refractivity contribution is -0.149. The summed E-state index contributed by atoms with van der Waals surface area (Å²) in [6, 6.07) is -1.13. The van der Waals surface area contributed by atoms with Gasteiger partial charge in [-0.1, -0.05) is 0 Å². The minimum Gasteiger partial charge on any atom is -0.478 e. The summed E-state index contributed by atoms with van der Waals surface area (Å²) in [6.45, 7) is -0.785. The Balaban J connectivity index is 2.20. The quantitative estimate of drug-likeness (QED) is 0.309. The van der Waals surface area contributed by atoms with E-state index in [4.69, 9.17) is 14.9 Å². The van der Waals surface area contributed by atoms with Crippen LogP contribution in [0.15, 0.2) is 11.8 Å². The van der Waals surface area contributed by atoms with Crippen LogP contribution in [-0.2, 0) is 14.3 Å². The predicted molar refractivity (Wildman–Crippen MR) is 70.4 cm³/mol. The number of carboxylic acid groups (broad SMARTS) is 1.